The minimum absolute atomic E-state index is 0.00947. The van der Waals surface area contributed by atoms with E-state index in [0.717, 1.165) is 25.8 Å². The second kappa shape index (κ2) is 8.51. The molecule has 0 bridgehead atoms. The zero-order chi connectivity index (χ0) is 14.1. The van der Waals surface area contributed by atoms with E-state index >= 15 is 0 Å². The van der Waals surface area contributed by atoms with Gasteiger partial charge in [0.2, 0.25) is 5.91 Å². The van der Waals surface area contributed by atoms with Crippen LogP contribution in [0.15, 0.2) is 0 Å². The standard InChI is InChI=1S/C14H28N2O3/c1-15-8-4-2-3-5-13(19)16-9-6-14(11-17,12-18)7-10-16/h15,17-18H,2-12H2,1H3. The van der Waals surface area contributed by atoms with Gasteiger partial charge in [0, 0.05) is 24.9 Å². The molecule has 1 rings (SSSR count). The minimum Gasteiger partial charge on any atom is -0.396 e. The molecular formula is C14H28N2O3. The maximum absolute atomic E-state index is 12.0. The normalized spacial score (nSPS) is 18.6. The molecule has 5 heteroatoms. The Bertz CT molecular complexity index is 257. The molecule has 0 spiro atoms. The largest absolute Gasteiger partial charge is 0.396 e. The van der Waals surface area contributed by atoms with Crippen LogP contribution >= 0.6 is 0 Å². The van der Waals surface area contributed by atoms with Crippen LogP contribution in [0.5, 0.6) is 0 Å². The molecule has 112 valence electrons. The van der Waals surface area contributed by atoms with Gasteiger partial charge in [-0.2, -0.15) is 0 Å². The van der Waals surface area contributed by atoms with Crippen molar-refractivity contribution < 1.29 is 15.0 Å². The number of unbranched alkanes of at least 4 members (excludes halogenated alkanes) is 2. The van der Waals surface area contributed by atoms with Gasteiger partial charge in [0.15, 0.2) is 0 Å². The van der Waals surface area contributed by atoms with Gasteiger partial charge in [0.25, 0.3) is 0 Å². The van der Waals surface area contributed by atoms with Crippen molar-refractivity contribution in [1.82, 2.24) is 10.2 Å². The molecule has 1 amide bonds. The first-order valence-electron chi connectivity index (χ1n) is 7.31. The summed E-state index contributed by atoms with van der Waals surface area (Å²) >= 11 is 0. The van der Waals surface area contributed by atoms with Crippen LogP contribution in [-0.2, 0) is 4.79 Å². The molecule has 0 aromatic heterocycles. The highest BCUT2D eigenvalue weighted by molar-refractivity contribution is 5.76. The first-order valence-corrected chi connectivity index (χ1v) is 7.31. The molecule has 1 aliphatic rings. The number of hydrogen-bond acceptors (Lipinski definition) is 4. The lowest BCUT2D eigenvalue weighted by Crippen LogP contribution is -2.46. The van der Waals surface area contributed by atoms with Crippen LogP contribution in [-0.4, -0.2) is 60.9 Å². The van der Waals surface area contributed by atoms with Crippen molar-refractivity contribution in [2.45, 2.75) is 38.5 Å². The van der Waals surface area contributed by atoms with E-state index in [1.165, 1.54) is 0 Å². The number of aliphatic hydroxyl groups is 2. The fourth-order valence-electron chi connectivity index (χ4n) is 2.51. The van der Waals surface area contributed by atoms with Crippen LogP contribution in [0, 0.1) is 5.41 Å². The molecule has 0 saturated carbocycles. The van der Waals surface area contributed by atoms with E-state index in [-0.39, 0.29) is 24.5 Å². The van der Waals surface area contributed by atoms with Gasteiger partial charge in [0.05, 0.1) is 13.2 Å². The number of carbonyl (C=O) groups excluding carboxylic acids is 1. The van der Waals surface area contributed by atoms with E-state index in [1.807, 2.05) is 11.9 Å². The fourth-order valence-corrected chi connectivity index (χ4v) is 2.51. The number of piperidine rings is 1. The van der Waals surface area contributed by atoms with E-state index in [9.17, 15) is 15.0 Å². The number of hydrogen-bond donors (Lipinski definition) is 3. The number of aliphatic hydroxyl groups excluding tert-OH is 2. The van der Waals surface area contributed by atoms with E-state index in [0.29, 0.717) is 32.4 Å². The molecule has 0 aliphatic carbocycles. The Morgan fingerprint density at radius 3 is 2.32 bits per heavy atom. The van der Waals surface area contributed by atoms with Crippen molar-refractivity contribution in [2.75, 3.05) is 39.9 Å². The summed E-state index contributed by atoms with van der Waals surface area (Å²) in [4.78, 5) is 13.9. The number of nitrogens with zero attached hydrogens (tertiary/aromatic N) is 1. The van der Waals surface area contributed by atoms with E-state index in [2.05, 4.69) is 5.32 Å². The maximum Gasteiger partial charge on any atom is 0.222 e. The lowest BCUT2D eigenvalue weighted by Gasteiger charge is -2.39. The first kappa shape index (κ1) is 16.4. The van der Waals surface area contributed by atoms with Crippen molar-refractivity contribution >= 4 is 5.91 Å². The predicted molar refractivity (Wildman–Crippen MR) is 74.8 cm³/mol. The summed E-state index contributed by atoms with van der Waals surface area (Å²) in [6, 6.07) is 0. The average Bonchev–Trinajstić information content (AvgIpc) is 2.47. The molecule has 0 aromatic carbocycles. The predicted octanol–water partition coefficient (Wildman–Crippen LogP) is 0.360. The highest BCUT2D eigenvalue weighted by Gasteiger charge is 2.34. The van der Waals surface area contributed by atoms with Gasteiger partial charge in [-0.05, 0) is 39.3 Å². The molecule has 3 N–H and O–H groups in total. The summed E-state index contributed by atoms with van der Waals surface area (Å²) in [5.74, 6) is 0.217. The summed E-state index contributed by atoms with van der Waals surface area (Å²) in [5, 5.41) is 21.7. The highest BCUT2D eigenvalue weighted by Crippen LogP contribution is 2.30. The van der Waals surface area contributed by atoms with Gasteiger partial charge < -0.3 is 20.4 Å². The molecule has 0 atom stereocenters. The summed E-state index contributed by atoms with van der Waals surface area (Å²) in [7, 11) is 1.94. The Balaban J connectivity index is 2.21. The molecule has 1 saturated heterocycles. The highest BCUT2D eigenvalue weighted by atomic mass is 16.3. The van der Waals surface area contributed by atoms with E-state index in [4.69, 9.17) is 0 Å². The van der Waals surface area contributed by atoms with Gasteiger partial charge in [-0.1, -0.05) is 6.42 Å². The third kappa shape index (κ3) is 5.09. The average molecular weight is 272 g/mol. The van der Waals surface area contributed by atoms with Crippen LogP contribution in [0.25, 0.3) is 0 Å². The molecule has 0 unspecified atom stereocenters. The third-order valence-corrected chi connectivity index (χ3v) is 4.17. The van der Waals surface area contributed by atoms with Gasteiger partial charge in [-0.3, -0.25) is 4.79 Å². The van der Waals surface area contributed by atoms with Gasteiger partial charge in [-0.25, -0.2) is 0 Å². The van der Waals surface area contributed by atoms with Crippen LogP contribution in [0.3, 0.4) is 0 Å². The Kier molecular flexibility index (Phi) is 7.34. The van der Waals surface area contributed by atoms with Gasteiger partial charge in [-0.15, -0.1) is 0 Å². The molecular weight excluding hydrogens is 244 g/mol. The topological polar surface area (TPSA) is 72.8 Å². The van der Waals surface area contributed by atoms with E-state index in [1.54, 1.807) is 0 Å². The Morgan fingerprint density at radius 1 is 1.16 bits per heavy atom. The molecule has 19 heavy (non-hydrogen) atoms. The summed E-state index contributed by atoms with van der Waals surface area (Å²) in [6.07, 6.45) is 5.16. The smallest absolute Gasteiger partial charge is 0.222 e. The first-order chi connectivity index (χ1) is 9.17. The molecule has 5 nitrogen and oxygen atoms in total. The van der Waals surface area contributed by atoms with Crippen molar-refractivity contribution in [3.63, 3.8) is 0 Å². The van der Waals surface area contributed by atoms with Gasteiger partial charge >= 0.3 is 0 Å². The zero-order valence-electron chi connectivity index (χ0n) is 12.0. The molecule has 1 heterocycles. The third-order valence-electron chi connectivity index (χ3n) is 4.17. The molecule has 1 fully saturated rings. The second-order valence-corrected chi connectivity index (χ2v) is 5.61. The summed E-state index contributed by atoms with van der Waals surface area (Å²) in [5.41, 5.74) is -0.371. The van der Waals surface area contributed by atoms with Crippen molar-refractivity contribution in [3.8, 4) is 0 Å². The van der Waals surface area contributed by atoms with Crippen LogP contribution in [0.1, 0.15) is 38.5 Å². The molecule has 0 aromatic rings. The fraction of sp³-hybridized carbons (Fsp3) is 0.929. The SMILES string of the molecule is CNCCCCCC(=O)N1CCC(CO)(CO)CC1. The van der Waals surface area contributed by atoms with Crippen LogP contribution in [0.2, 0.25) is 0 Å². The number of carbonyl (C=O) groups is 1. The van der Waals surface area contributed by atoms with Crippen molar-refractivity contribution in [3.05, 3.63) is 0 Å². The number of rotatable bonds is 8. The Hall–Kier alpha value is -0.650. The van der Waals surface area contributed by atoms with Crippen molar-refractivity contribution in [1.29, 1.82) is 0 Å². The summed E-state index contributed by atoms with van der Waals surface area (Å²) in [6.45, 7) is 2.35. The molecule has 0 radical (unpaired) electrons. The number of amides is 1. The van der Waals surface area contributed by atoms with Crippen LogP contribution < -0.4 is 5.32 Å². The van der Waals surface area contributed by atoms with Gasteiger partial charge in [0.1, 0.15) is 0 Å². The van der Waals surface area contributed by atoms with Crippen molar-refractivity contribution in [2.24, 2.45) is 5.41 Å². The Morgan fingerprint density at radius 2 is 1.79 bits per heavy atom. The monoisotopic (exact) mass is 272 g/mol. The minimum atomic E-state index is -0.371. The van der Waals surface area contributed by atoms with Crippen LogP contribution in [0.4, 0.5) is 0 Å². The lowest BCUT2D eigenvalue weighted by molar-refractivity contribution is -0.134. The second-order valence-electron chi connectivity index (χ2n) is 5.61. The number of likely N-dealkylation sites (tertiary alicyclic amines) is 1. The zero-order valence-corrected chi connectivity index (χ0v) is 12.0. The number of nitrogens with one attached hydrogen (secondary N) is 1. The maximum atomic E-state index is 12.0. The Labute approximate surface area is 116 Å². The molecule has 1 aliphatic heterocycles. The summed E-state index contributed by atoms with van der Waals surface area (Å²) < 4.78 is 0. The quantitative estimate of drug-likeness (QED) is 0.558. The van der Waals surface area contributed by atoms with E-state index < -0.39 is 0 Å². The lowest BCUT2D eigenvalue weighted by atomic mass is 9.80.